The van der Waals surface area contributed by atoms with Crippen LogP contribution in [0.4, 0.5) is 19.0 Å². The van der Waals surface area contributed by atoms with Crippen molar-refractivity contribution in [1.82, 2.24) is 9.88 Å². The van der Waals surface area contributed by atoms with Crippen molar-refractivity contribution in [3.63, 3.8) is 0 Å². The van der Waals surface area contributed by atoms with Gasteiger partial charge in [0, 0.05) is 36.8 Å². The summed E-state index contributed by atoms with van der Waals surface area (Å²) in [5, 5.41) is 10.3. The first-order valence-electron chi connectivity index (χ1n) is 9.38. The van der Waals surface area contributed by atoms with Crippen LogP contribution in [0.25, 0.3) is 0 Å². The van der Waals surface area contributed by atoms with Crippen LogP contribution in [-0.2, 0) is 6.18 Å². The Bertz CT molecular complexity index is 772. The minimum Gasteiger partial charge on any atom is -0.491 e. The van der Waals surface area contributed by atoms with E-state index in [0.717, 1.165) is 29.7 Å². The van der Waals surface area contributed by atoms with Crippen LogP contribution in [-0.4, -0.2) is 60.4 Å². The van der Waals surface area contributed by atoms with Crippen molar-refractivity contribution in [3.05, 3.63) is 52.6 Å². The summed E-state index contributed by atoms with van der Waals surface area (Å²) in [6.45, 7) is 3.51. The zero-order valence-electron chi connectivity index (χ0n) is 15.8. The third-order valence-corrected chi connectivity index (χ3v) is 5.24. The Hall–Kier alpha value is -1.84. The number of pyridine rings is 1. The summed E-state index contributed by atoms with van der Waals surface area (Å²) in [6.07, 6.45) is -3.30. The quantitative estimate of drug-likeness (QED) is 0.690. The molecule has 5 nitrogen and oxygen atoms in total. The zero-order valence-corrected chi connectivity index (χ0v) is 17.4. The zero-order chi connectivity index (χ0) is 20.9. The summed E-state index contributed by atoms with van der Waals surface area (Å²) >= 11 is 3.36. The summed E-state index contributed by atoms with van der Waals surface area (Å²) in [5.74, 6) is 1.24. The number of ether oxygens (including phenoxy) is 1. The van der Waals surface area contributed by atoms with Gasteiger partial charge < -0.3 is 14.7 Å². The number of hydrogen-bond donors (Lipinski definition) is 1. The van der Waals surface area contributed by atoms with Gasteiger partial charge in [0.15, 0.2) is 0 Å². The van der Waals surface area contributed by atoms with E-state index in [1.54, 1.807) is 0 Å². The highest BCUT2D eigenvalue weighted by atomic mass is 79.9. The molecule has 0 spiro atoms. The lowest BCUT2D eigenvalue weighted by Crippen LogP contribution is -2.38. The number of rotatable bonds is 6. The highest BCUT2D eigenvalue weighted by Gasteiger charge is 2.31. The van der Waals surface area contributed by atoms with Gasteiger partial charge in [0.1, 0.15) is 24.3 Å². The molecule has 0 radical (unpaired) electrons. The Morgan fingerprint density at radius 2 is 1.83 bits per heavy atom. The Morgan fingerprint density at radius 3 is 2.48 bits per heavy atom. The maximum absolute atomic E-state index is 12.7. The lowest BCUT2D eigenvalue weighted by Gasteiger charge is -2.24. The first kappa shape index (κ1) is 21.9. The highest BCUT2D eigenvalue weighted by Crippen LogP contribution is 2.29. The molecule has 0 aliphatic carbocycles. The molecule has 1 aliphatic rings. The van der Waals surface area contributed by atoms with Crippen molar-refractivity contribution in [3.8, 4) is 5.75 Å². The average Bonchev–Trinajstić information content (AvgIpc) is 2.92. The maximum atomic E-state index is 12.7. The van der Waals surface area contributed by atoms with Crippen molar-refractivity contribution in [2.75, 3.05) is 44.2 Å². The smallest absolute Gasteiger partial charge is 0.417 e. The van der Waals surface area contributed by atoms with Crippen LogP contribution >= 0.6 is 15.9 Å². The molecule has 29 heavy (non-hydrogen) atoms. The fourth-order valence-electron chi connectivity index (χ4n) is 3.20. The van der Waals surface area contributed by atoms with Crippen LogP contribution in [0.2, 0.25) is 0 Å². The standard InChI is InChI=1S/C20H23BrF3N3O2/c21-16-3-5-18(6-4-16)29-14-17(28)13-26-8-1-9-27(11-10-26)19-7-2-15(12-25-19)20(22,23)24/h2-7,12,17,28H,1,8-11,13-14H2/t17-/m0/s1. The van der Waals surface area contributed by atoms with Crippen molar-refractivity contribution < 1.29 is 23.0 Å². The number of β-amino-alcohol motifs (C(OH)–C–C–N with tert-alkyl or cyclic N) is 1. The van der Waals surface area contributed by atoms with Crippen molar-refractivity contribution in [2.24, 2.45) is 0 Å². The number of aliphatic hydroxyl groups is 1. The molecule has 3 rings (SSSR count). The molecule has 0 bridgehead atoms. The highest BCUT2D eigenvalue weighted by molar-refractivity contribution is 9.10. The van der Waals surface area contributed by atoms with E-state index in [-0.39, 0.29) is 6.61 Å². The van der Waals surface area contributed by atoms with Crippen LogP contribution in [0.15, 0.2) is 47.1 Å². The summed E-state index contributed by atoms with van der Waals surface area (Å²) in [7, 11) is 0. The van der Waals surface area contributed by atoms with Gasteiger partial charge in [-0.3, -0.25) is 4.90 Å². The van der Waals surface area contributed by atoms with Crippen LogP contribution in [0, 0.1) is 0 Å². The predicted molar refractivity (Wildman–Crippen MR) is 108 cm³/mol. The van der Waals surface area contributed by atoms with E-state index < -0.39 is 17.8 Å². The summed E-state index contributed by atoms with van der Waals surface area (Å²) in [6, 6.07) is 9.89. The van der Waals surface area contributed by atoms with E-state index in [0.29, 0.717) is 37.7 Å². The van der Waals surface area contributed by atoms with E-state index >= 15 is 0 Å². The fraction of sp³-hybridized carbons (Fsp3) is 0.450. The van der Waals surface area contributed by atoms with E-state index in [2.05, 4.69) is 25.8 Å². The van der Waals surface area contributed by atoms with Crippen LogP contribution in [0.5, 0.6) is 5.75 Å². The van der Waals surface area contributed by atoms with Gasteiger partial charge in [0.05, 0.1) is 5.56 Å². The SMILES string of the molecule is O[C@H](COc1ccc(Br)cc1)CN1CCCN(c2ccc(C(F)(F)F)cn2)CC1. The minimum absolute atomic E-state index is 0.197. The van der Waals surface area contributed by atoms with Crippen molar-refractivity contribution >= 4 is 21.7 Å². The second kappa shape index (κ2) is 9.77. The summed E-state index contributed by atoms with van der Waals surface area (Å²) < 4.78 is 44.7. The molecule has 1 saturated heterocycles. The molecule has 1 N–H and O–H groups in total. The third kappa shape index (κ3) is 6.58. The molecule has 158 valence electrons. The van der Waals surface area contributed by atoms with Gasteiger partial charge in [0.2, 0.25) is 0 Å². The first-order chi connectivity index (χ1) is 13.8. The van der Waals surface area contributed by atoms with Gasteiger partial charge in [-0.2, -0.15) is 13.2 Å². The molecule has 1 aliphatic heterocycles. The number of aromatic nitrogens is 1. The predicted octanol–water partition coefficient (Wildman–Crippen LogP) is 3.81. The van der Waals surface area contributed by atoms with E-state index in [1.807, 2.05) is 29.2 Å². The molecule has 1 fully saturated rings. The number of alkyl halides is 3. The topological polar surface area (TPSA) is 48.8 Å². The Kier molecular flexibility index (Phi) is 7.37. The number of nitrogens with zero attached hydrogens (tertiary/aromatic N) is 3. The normalized spacial score (nSPS) is 17.1. The minimum atomic E-state index is -4.38. The van der Waals surface area contributed by atoms with Gasteiger partial charge in [-0.25, -0.2) is 4.98 Å². The molecular formula is C20H23BrF3N3O2. The van der Waals surface area contributed by atoms with E-state index in [9.17, 15) is 18.3 Å². The lowest BCUT2D eigenvalue weighted by atomic mass is 10.2. The van der Waals surface area contributed by atoms with Gasteiger partial charge >= 0.3 is 6.18 Å². The number of anilines is 1. The largest absolute Gasteiger partial charge is 0.491 e. The first-order valence-corrected chi connectivity index (χ1v) is 10.2. The molecule has 1 atom stereocenters. The molecule has 0 saturated carbocycles. The Balaban J connectivity index is 1.47. The summed E-state index contributed by atoms with van der Waals surface area (Å²) in [5.41, 5.74) is -0.744. The van der Waals surface area contributed by atoms with Gasteiger partial charge in [0.25, 0.3) is 0 Å². The molecule has 2 aromatic rings. The van der Waals surface area contributed by atoms with Crippen molar-refractivity contribution in [1.29, 1.82) is 0 Å². The third-order valence-electron chi connectivity index (χ3n) is 4.71. The number of benzene rings is 1. The molecule has 2 heterocycles. The fourth-order valence-corrected chi connectivity index (χ4v) is 3.46. The molecule has 0 amide bonds. The number of hydrogen-bond acceptors (Lipinski definition) is 5. The Labute approximate surface area is 176 Å². The molecular weight excluding hydrogens is 451 g/mol. The van der Waals surface area contributed by atoms with Crippen LogP contribution < -0.4 is 9.64 Å². The summed E-state index contributed by atoms with van der Waals surface area (Å²) in [4.78, 5) is 8.10. The molecule has 0 unspecified atom stereocenters. The monoisotopic (exact) mass is 473 g/mol. The van der Waals surface area contributed by atoms with Crippen LogP contribution in [0.3, 0.4) is 0 Å². The molecule has 1 aromatic heterocycles. The maximum Gasteiger partial charge on any atom is 0.417 e. The van der Waals surface area contributed by atoms with Gasteiger partial charge in [-0.15, -0.1) is 0 Å². The van der Waals surface area contributed by atoms with E-state index in [4.69, 9.17) is 4.74 Å². The second-order valence-electron chi connectivity index (χ2n) is 6.96. The van der Waals surface area contributed by atoms with Gasteiger partial charge in [-0.1, -0.05) is 15.9 Å². The van der Waals surface area contributed by atoms with E-state index in [1.165, 1.54) is 6.07 Å². The average molecular weight is 474 g/mol. The molecule has 1 aromatic carbocycles. The Morgan fingerprint density at radius 1 is 1.07 bits per heavy atom. The van der Waals surface area contributed by atoms with Crippen LogP contribution in [0.1, 0.15) is 12.0 Å². The number of halogens is 4. The number of aliphatic hydroxyl groups excluding tert-OH is 1. The molecule has 9 heteroatoms. The van der Waals surface area contributed by atoms with Crippen molar-refractivity contribution in [2.45, 2.75) is 18.7 Å². The lowest BCUT2D eigenvalue weighted by molar-refractivity contribution is -0.137. The second-order valence-corrected chi connectivity index (χ2v) is 7.88. The van der Waals surface area contributed by atoms with Gasteiger partial charge in [-0.05, 0) is 49.4 Å².